The van der Waals surface area contributed by atoms with Crippen LogP contribution in [0.5, 0.6) is 0 Å². The Labute approximate surface area is 153 Å². The summed E-state index contributed by atoms with van der Waals surface area (Å²) in [4.78, 5) is 8.80. The van der Waals surface area contributed by atoms with Crippen LogP contribution in [-0.4, -0.2) is 44.5 Å². The van der Waals surface area contributed by atoms with Crippen molar-refractivity contribution in [3.63, 3.8) is 0 Å². The van der Waals surface area contributed by atoms with Gasteiger partial charge in [0.2, 0.25) is 0 Å². The Balaban J connectivity index is 1.86. The van der Waals surface area contributed by atoms with Crippen molar-refractivity contribution in [2.75, 3.05) is 19.1 Å². The maximum atomic E-state index is 11.2. The van der Waals surface area contributed by atoms with Crippen molar-refractivity contribution in [3.8, 4) is 10.6 Å². The zero-order chi connectivity index (χ0) is 18.3. The third-order valence-corrected chi connectivity index (χ3v) is 5.46. The van der Waals surface area contributed by atoms with E-state index in [0.29, 0.717) is 18.9 Å². The second kappa shape index (κ2) is 8.96. The lowest BCUT2D eigenvalue weighted by molar-refractivity contribution is 0.581. The molecule has 0 spiro atoms. The van der Waals surface area contributed by atoms with E-state index in [2.05, 4.69) is 20.6 Å². The van der Waals surface area contributed by atoms with Gasteiger partial charge in [0.05, 0.1) is 18.0 Å². The summed E-state index contributed by atoms with van der Waals surface area (Å²) in [6.07, 6.45) is 1.79. The largest absolute Gasteiger partial charge is 0.354 e. The average Bonchev–Trinajstić information content (AvgIpc) is 3.06. The van der Waals surface area contributed by atoms with Crippen LogP contribution >= 0.6 is 11.3 Å². The van der Waals surface area contributed by atoms with Gasteiger partial charge in [0.15, 0.2) is 5.96 Å². The number of hydrogen-bond donors (Lipinski definition) is 2. The average molecular weight is 381 g/mol. The summed E-state index contributed by atoms with van der Waals surface area (Å²) >= 11 is 1.61. The van der Waals surface area contributed by atoms with E-state index in [1.807, 2.05) is 42.6 Å². The van der Waals surface area contributed by atoms with Gasteiger partial charge in [-0.05, 0) is 13.3 Å². The summed E-state index contributed by atoms with van der Waals surface area (Å²) in [5, 5.41) is 9.42. The number of sulfone groups is 1. The maximum Gasteiger partial charge on any atom is 0.191 e. The topological polar surface area (TPSA) is 83.4 Å². The zero-order valence-corrected chi connectivity index (χ0v) is 16.3. The molecule has 0 fully saturated rings. The van der Waals surface area contributed by atoms with E-state index >= 15 is 0 Å². The molecule has 2 rings (SSSR count). The fourth-order valence-corrected chi connectivity index (χ4v) is 3.77. The second-order valence-corrected chi connectivity index (χ2v) is 9.02. The van der Waals surface area contributed by atoms with Gasteiger partial charge in [-0.1, -0.05) is 30.3 Å². The molecule has 0 saturated heterocycles. The van der Waals surface area contributed by atoms with Crippen LogP contribution < -0.4 is 10.6 Å². The van der Waals surface area contributed by atoms with E-state index < -0.39 is 9.84 Å². The smallest absolute Gasteiger partial charge is 0.191 e. The molecule has 1 atom stereocenters. The van der Waals surface area contributed by atoms with Gasteiger partial charge in [-0.3, -0.25) is 4.99 Å². The minimum atomic E-state index is -2.95. The highest BCUT2D eigenvalue weighted by molar-refractivity contribution is 7.90. The maximum absolute atomic E-state index is 11.2. The summed E-state index contributed by atoms with van der Waals surface area (Å²) in [5.41, 5.74) is 2.05. The van der Waals surface area contributed by atoms with Crippen molar-refractivity contribution in [3.05, 3.63) is 41.4 Å². The van der Waals surface area contributed by atoms with Gasteiger partial charge < -0.3 is 10.6 Å². The van der Waals surface area contributed by atoms with Gasteiger partial charge >= 0.3 is 0 Å². The van der Waals surface area contributed by atoms with Crippen LogP contribution in [0.25, 0.3) is 10.6 Å². The normalized spacial score (nSPS) is 13.5. The first-order valence-corrected chi connectivity index (χ1v) is 11.0. The quantitative estimate of drug-likeness (QED) is 0.569. The molecule has 0 aliphatic heterocycles. The summed E-state index contributed by atoms with van der Waals surface area (Å²) in [7, 11) is -1.26. The van der Waals surface area contributed by atoms with Crippen LogP contribution in [0.4, 0.5) is 0 Å². The molecule has 25 heavy (non-hydrogen) atoms. The molecule has 0 aliphatic rings. The molecule has 1 aromatic carbocycles. The molecule has 0 aliphatic carbocycles. The van der Waals surface area contributed by atoms with Gasteiger partial charge in [-0.15, -0.1) is 11.3 Å². The summed E-state index contributed by atoms with van der Waals surface area (Å²) in [6, 6.07) is 10.1. The molecule has 2 aromatic rings. The third kappa shape index (κ3) is 6.83. The number of nitrogens with one attached hydrogen (secondary N) is 2. The molecule has 1 aromatic heterocycles. The highest BCUT2D eigenvalue weighted by Gasteiger charge is 2.10. The van der Waals surface area contributed by atoms with Crippen LogP contribution in [0.15, 0.2) is 40.7 Å². The molecule has 8 heteroatoms. The predicted octanol–water partition coefficient (Wildman–Crippen LogP) is 2.30. The van der Waals surface area contributed by atoms with Crippen LogP contribution in [0.3, 0.4) is 0 Å². The summed E-state index contributed by atoms with van der Waals surface area (Å²) in [6.45, 7) is 2.50. The van der Waals surface area contributed by atoms with Crippen LogP contribution in [0, 0.1) is 0 Å². The zero-order valence-electron chi connectivity index (χ0n) is 14.7. The van der Waals surface area contributed by atoms with E-state index in [0.717, 1.165) is 16.3 Å². The first-order valence-electron chi connectivity index (χ1n) is 8.02. The molecule has 6 nitrogen and oxygen atoms in total. The molecule has 136 valence electrons. The molecule has 2 N–H and O–H groups in total. The van der Waals surface area contributed by atoms with Crippen LogP contribution in [0.2, 0.25) is 0 Å². The van der Waals surface area contributed by atoms with Gasteiger partial charge in [-0.25, -0.2) is 13.4 Å². The number of aromatic nitrogens is 1. The van der Waals surface area contributed by atoms with Gasteiger partial charge in [-0.2, -0.15) is 0 Å². The van der Waals surface area contributed by atoms with E-state index in [1.54, 1.807) is 18.4 Å². The lowest BCUT2D eigenvalue weighted by atomic mass is 10.2. The molecule has 0 bridgehead atoms. The SMILES string of the molecule is CN=C(NCc1csc(-c2ccccc2)n1)NC(C)CCS(C)(=O)=O. The van der Waals surface area contributed by atoms with Crippen LogP contribution in [0.1, 0.15) is 19.0 Å². The standard InChI is InChI=1S/C17H24N4O2S2/c1-13(9-10-25(3,22)23)20-17(18-2)19-11-15-12-24-16(21-15)14-7-5-4-6-8-14/h4-8,12-13H,9-11H2,1-3H3,(H2,18,19,20). The van der Waals surface area contributed by atoms with Crippen molar-refractivity contribution in [2.24, 2.45) is 4.99 Å². The Morgan fingerprint density at radius 3 is 2.68 bits per heavy atom. The Morgan fingerprint density at radius 2 is 2.04 bits per heavy atom. The van der Waals surface area contributed by atoms with Crippen molar-refractivity contribution in [2.45, 2.75) is 25.9 Å². The van der Waals surface area contributed by atoms with E-state index in [-0.39, 0.29) is 11.8 Å². The minimum absolute atomic E-state index is 0.0104. The first-order chi connectivity index (χ1) is 11.9. The Bertz CT molecular complexity index is 801. The third-order valence-electron chi connectivity index (χ3n) is 3.54. The molecular formula is C17H24N4O2S2. The first kappa shape index (κ1) is 19.4. The number of hydrogen-bond acceptors (Lipinski definition) is 5. The molecule has 0 amide bonds. The lowest BCUT2D eigenvalue weighted by Crippen LogP contribution is -2.42. The number of nitrogens with zero attached hydrogens (tertiary/aromatic N) is 2. The fraction of sp³-hybridized carbons (Fsp3) is 0.412. The number of aliphatic imine (C=N–C) groups is 1. The van der Waals surface area contributed by atoms with E-state index in [1.165, 1.54) is 6.26 Å². The van der Waals surface area contributed by atoms with Gasteiger partial charge in [0.1, 0.15) is 14.8 Å². The van der Waals surface area contributed by atoms with Crippen molar-refractivity contribution in [1.29, 1.82) is 0 Å². The van der Waals surface area contributed by atoms with Crippen molar-refractivity contribution in [1.82, 2.24) is 15.6 Å². The molecule has 0 saturated carbocycles. The van der Waals surface area contributed by atoms with E-state index in [4.69, 9.17) is 0 Å². The highest BCUT2D eigenvalue weighted by atomic mass is 32.2. The minimum Gasteiger partial charge on any atom is -0.354 e. The summed E-state index contributed by atoms with van der Waals surface area (Å²) in [5.74, 6) is 0.792. The number of guanidine groups is 1. The fourth-order valence-electron chi connectivity index (χ4n) is 2.17. The van der Waals surface area contributed by atoms with Crippen molar-refractivity contribution >= 4 is 27.1 Å². The lowest BCUT2D eigenvalue weighted by Gasteiger charge is -2.17. The van der Waals surface area contributed by atoms with Gasteiger partial charge in [0.25, 0.3) is 0 Å². The Morgan fingerprint density at radius 1 is 1.32 bits per heavy atom. The number of benzene rings is 1. The summed E-state index contributed by atoms with van der Waals surface area (Å²) < 4.78 is 22.5. The van der Waals surface area contributed by atoms with Gasteiger partial charge in [0, 0.05) is 30.3 Å². The number of thiazole rings is 1. The highest BCUT2D eigenvalue weighted by Crippen LogP contribution is 2.23. The molecule has 0 radical (unpaired) electrons. The predicted molar refractivity (Wildman–Crippen MR) is 105 cm³/mol. The molecular weight excluding hydrogens is 356 g/mol. The van der Waals surface area contributed by atoms with E-state index in [9.17, 15) is 8.42 Å². The Hall–Kier alpha value is -1.93. The Kier molecular flexibility index (Phi) is 6.95. The second-order valence-electron chi connectivity index (χ2n) is 5.90. The van der Waals surface area contributed by atoms with Crippen molar-refractivity contribution < 1.29 is 8.42 Å². The van der Waals surface area contributed by atoms with Crippen LogP contribution in [-0.2, 0) is 16.4 Å². The molecule has 1 unspecified atom stereocenters. The monoisotopic (exact) mass is 380 g/mol. The molecule has 1 heterocycles. The number of rotatable bonds is 7.